The van der Waals surface area contributed by atoms with Crippen molar-refractivity contribution in [3.05, 3.63) is 0 Å². The highest BCUT2D eigenvalue weighted by Crippen LogP contribution is 2.58. The molecule has 0 radical (unpaired) electrons. The topological polar surface area (TPSA) is 0 Å². The number of rotatable bonds is 8. The smallest absolute Gasteiger partial charge is 0.0290 e. The fourth-order valence-electron chi connectivity index (χ4n) is 12.1. The van der Waals surface area contributed by atoms with Crippen molar-refractivity contribution in [2.75, 3.05) is 0 Å². The van der Waals surface area contributed by atoms with Crippen LogP contribution in [0.3, 0.4) is 0 Å². The van der Waals surface area contributed by atoms with Gasteiger partial charge in [-0.25, -0.2) is 0 Å². The van der Waals surface area contributed by atoms with Crippen molar-refractivity contribution in [1.82, 2.24) is 0 Å². The molecule has 0 amide bonds. The van der Waals surface area contributed by atoms with Crippen LogP contribution in [-0.4, -0.2) is 0 Å². The van der Waals surface area contributed by atoms with E-state index in [9.17, 15) is 0 Å². The maximum Gasteiger partial charge on any atom is -0.0290 e. The molecule has 5 aliphatic rings. The maximum atomic E-state index is 2.83. The summed E-state index contributed by atoms with van der Waals surface area (Å²) in [5, 5.41) is 0. The van der Waals surface area contributed by atoms with Crippen LogP contribution in [0.1, 0.15) is 169 Å². The Morgan fingerprint density at radius 2 is 1.19 bits per heavy atom. The summed E-state index contributed by atoms with van der Waals surface area (Å²) in [6.07, 6.45) is 34.0. The van der Waals surface area contributed by atoms with Gasteiger partial charge in [-0.15, -0.1) is 0 Å². The van der Waals surface area contributed by atoms with E-state index in [0.29, 0.717) is 5.41 Å². The molecule has 0 nitrogen and oxygen atoms in total. The van der Waals surface area contributed by atoms with Crippen LogP contribution in [0.4, 0.5) is 0 Å². The summed E-state index contributed by atoms with van der Waals surface area (Å²) >= 11 is 0. The second kappa shape index (κ2) is 13.1. The third-order valence-electron chi connectivity index (χ3n) is 13.5. The van der Waals surface area contributed by atoms with Crippen LogP contribution in [0.5, 0.6) is 0 Å². The number of fused-ring (bicyclic) bond motifs is 1. The molecule has 5 aliphatic carbocycles. The first-order valence-electron chi connectivity index (χ1n) is 17.9. The van der Waals surface area contributed by atoms with Crippen molar-refractivity contribution >= 4 is 0 Å². The van der Waals surface area contributed by atoms with Gasteiger partial charge in [-0.2, -0.15) is 0 Å². The molecule has 0 N–H and O–H groups in total. The Morgan fingerprint density at radius 1 is 0.622 bits per heavy atom. The average Bonchev–Trinajstić information content (AvgIpc) is 2.91. The minimum Gasteiger partial charge on any atom is -0.0625 e. The van der Waals surface area contributed by atoms with Gasteiger partial charge in [0.25, 0.3) is 0 Å². The number of hydrogen-bond acceptors (Lipinski definition) is 0. The van der Waals surface area contributed by atoms with Gasteiger partial charge >= 0.3 is 0 Å². The average molecular weight is 511 g/mol. The molecule has 5 fully saturated rings. The van der Waals surface area contributed by atoms with Crippen molar-refractivity contribution in [3.63, 3.8) is 0 Å². The highest BCUT2D eigenvalue weighted by molar-refractivity contribution is 4.99. The molecule has 0 heterocycles. The van der Waals surface area contributed by atoms with Crippen molar-refractivity contribution in [2.24, 2.45) is 64.6 Å². The monoisotopic (exact) mass is 511 g/mol. The van der Waals surface area contributed by atoms with E-state index in [4.69, 9.17) is 0 Å². The van der Waals surface area contributed by atoms with E-state index in [2.05, 4.69) is 27.7 Å². The van der Waals surface area contributed by atoms with Gasteiger partial charge in [0.2, 0.25) is 0 Å². The van der Waals surface area contributed by atoms with Crippen LogP contribution in [0.2, 0.25) is 0 Å². The molecule has 214 valence electrons. The first-order valence-corrected chi connectivity index (χ1v) is 17.9. The Bertz CT molecular complexity index is 654. The Labute approximate surface area is 233 Å². The SMILES string of the molecule is CC1CC(C)CC(C)(C(CC(CC(C)C2CCCCC2)C2CCCCC2)C2CCCC3CCCCC32)C1. The predicted molar refractivity (Wildman–Crippen MR) is 162 cm³/mol. The van der Waals surface area contributed by atoms with Gasteiger partial charge in [-0.05, 0) is 110 Å². The molecule has 5 saturated carbocycles. The molecule has 0 aromatic rings. The molecular weight excluding hydrogens is 444 g/mol. The van der Waals surface area contributed by atoms with Crippen molar-refractivity contribution in [1.29, 1.82) is 0 Å². The summed E-state index contributed by atoms with van der Waals surface area (Å²) in [7, 11) is 0. The Hall–Kier alpha value is 0. The summed E-state index contributed by atoms with van der Waals surface area (Å²) in [4.78, 5) is 0. The summed E-state index contributed by atoms with van der Waals surface area (Å²) in [6, 6.07) is 0. The van der Waals surface area contributed by atoms with Crippen molar-refractivity contribution in [2.45, 2.75) is 169 Å². The zero-order valence-electron chi connectivity index (χ0n) is 25.8. The van der Waals surface area contributed by atoms with E-state index in [1.165, 1.54) is 64.2 Å². The Kier molecular flexibility index (Phi) is 10.1. The minimum atomic E-state index is 0.599. The molecule has 0 spiro atoms. The lowest BCUT2D eigenvalue weighted by molar-refractivity contribution is -0.0482. The summed E-state index contributed by atoms with van der Waals surface area (Å²) in [6.45, 7) is 10.8. The van der Waals surface area contributed by atoms with Gasteiger partial charge in [0.1, 0.15) is 0 Å². The zero-order chi connectivity index (χ0) is 25.8. The van der Waals surface area contributed by atoms with Gasteiger partial charge in [0, 0.05) is 0 Å². The predicted octanol–water partition coefficient (Wildman–Crippen LogP) is 11.9. The fourth-order valence-corrected chi connectivity index (χ4v) is 12.1. The van der Waals surface area contributed by atoms with Crippen molar-refractivity contribution in [3.8, 4) is 0 Å². The summed E-state index contributed by atoms with van der Waals surface area (Å²) < 4.78 is 0. The molecule has 0 saturated heterocycles. The molecule has 8 atom stereocenters. The lowest BCUT2D eigenvalue weighted by Gasteiger charge is -2.54. The van der Waals surface area contributed by atoms with Crippen LogP contribution in [0.25, 0.3) is 0 Å². The fraction of sp³-hybridized carbons (Fsp3) is 1.00. The van der Waals surface area contributed by atoms with E-state index in [1.54, 1.807) is 77.0 Å². The van der Waals surface area contributed by atoms with E-state index in [-0.39, 0.29) is 0 Å². The lowest BCUT2D eigenvalue weighted by atomic mass is 9.51. The molecular formula is C37H66. The van der Waals surface area contributed by atoms with Gasteiger partial charge in [-0.1, -0.05) is 124 Å². The van der Waals surface area contributed by atoms with Crippen LogP contribution < -0.4 is 0 Å². The van der Waals surface area contributed by atoms with Crippen LogP contribution in [0.15, 0.2) is 0 Å². The quantitative estimate of drug-likeness (QED) is 0.304. The highest BCUT2D eigenvalue weighted by Gasteiger charge is 2.49. The van der Waals surface area contributed by atoms with Gasteiger partial charge < -0.3 is 0 Å². The third-order valence-corrected chi connectivity index (χ3v) is 13.5. The maximum absolute atomic E-state index is 2.83. The second-order valence-corrected chi connectivity index (χ2v) is 16.4. The minimum absolute atomic E-state index is 0.599. The summed E-state index contributed by atoms with van der Waals surface area (Å²) in [5.74, 6) is 10.2. The molecule has 37 heavy (non-hydrogen) atoms. The van der Waals surface area contributed by atoms with Crippen LogP contribution >= 0.6 is 0 Å². The van der Waals surface area contributed by atoms with Crippen LogP contribution in [0, 0.1) is 64.6 Å². The molecule has 0 bridgehead atoms. The molecule has 0 aromatic carbocycles. The molecule has 0 aliphatic heterocycles. The number of hydrogen-bond donors (Lipinski definition) is 0. The van der Waals surface area contributed by atoms with E-state index >= 15 is 0 Å². The molecule has 5 rings (SSSR count). The van der Waals surface area contributed by atoms with E-state index < -0.39 is 0 Å². The lowest BCUT2D eigenvalue weighted by Crippen LogP contribution is -2.46. The Morgan fingerprint density at radius 3 is 1.86 bits per heavy atom. The molecule has 0 heteroatoms. The molecule has 8 unspecified atom stereocenters. The van der Waals surface area contributed by atoms with Gasteiger partial charge in [0.15, 0.2) is 0 Å². The first-order chi connectivity index (χ1) is 17.9. The summed E-state index contributed by atoms with van der Waals surface area (Å²) in [5.41, 5.74) is 0.599. The zero-order valence-corrected chi connectivity index (χ0v) is 25.8. The van der Waals surface area contributed by atoms with Gasteiger partial charge in [-0.3, -0.25) is 0 Å². The van der Waals surface area contributed by atoms with Gasteiger partial charge in [0.05, 0.1) is 0 Å². The molecule has 0 aromatic heterocycles. The second-order valence-electron chi connectivity index (χ2n) is 16.4. The van der Waals surface area contributed by atoms with Crippen molar-refractivity contribution < 1.29 is 0 Å². The normalized spacial score (nSPS) is 41.0. The van der Waals surface area contributed by atoms with E-state index in [0.717, 1.165) is 59.2 Å². The van der Waals surface area contributed by atoms with E-state index in [1.807, 2.05) is 0 Å². The largest absolute Gasteiger partial charge is 0.0625 e. The first kappa shape index (κ1) is 28.5. The standard InChI is InChI=1S/C37H66/c1-27-22-28(2)26-37(4,25-27)36(35-21-13-19-32-18-11-12-20-34(32)35)24-33(31-16-9-6-10-17-31)23-29(3)30-14-7-5-8-15-30/h27-36H,5-26H2,1-4H3. The third kappa shape index (κ3) is 7.02. The Balaban J connectivity index is 1.42. The van der Waals surface area contributed by atoms with Crippen LogP contribution in [-0.2, 0) is 0 Å². The highest BCUT2D eigenvalue weighted by atomic mass is 14.5.